The van der Waals surface area contributed by atoms with Crippen molar-refractivity contribution in [1.82, 2.24) is 4.90 Å². The predicted molar refractivity (Wildman–Crippen MR) is 52.5 cm³/mol. The Morgan fingerprint density at radius 3 is 2.92 bits per heavy atom. The van der Waals surface area contributed by atoms with Gasteiger partial charge in [-0.2, -0.15) is 11.8 Å². The van der Waals surface area contributed by atoms with Crippen LogP contribution >= 0.6 is 27.7 Å². The molecule has 1 heterocycles. The van der Waals surface area contributed by atoms with E-state index < -0.39 is 6.43 Å². The Hall–Kier alpha value is 0.650. The average molecular weight is 260 g/mol. The Bertz CT molecular complexity index is 137. The number of hydrogen-bond acceptors (Lipinski definition) is 2. The standard InChI is InChI=1S/C7H12BrF2NS/c8-3-6-5-12-2-1-11(6)4-7(9)10/h6-7H,1-5H2. The molecule has 12 heavy (non-hydrogen) atoms. The number of thioether (sulfide) groups is 1. The lowest BCUT2D eigenvalue weighted by Crippen LogP contribution is -2.45. The minimum absolute atomic E-state index is 0.0726. The van der Waals surface area contributed by atoms with Gasteiger partial charge in [0.25, 0.3) is 6.43 Å². The van der Waals surface area contributed by atoms with Crippen LogP contribution in [0.5, 0.6) is 0 Å². The zero-order valence-corrected chi connectivity index (χ0v) is 9.08. The number of alkyl halides is 3. The van der Waals surface area contributed by atoms with Crippen molar-refractivity contribution in [2.45, 2.75) is 12.5 Å². The lowest BCUT2D eigenvalue weighted by molar-refractivity contribution is 0.0773. The minimum atomic E-state index is -2.20. The van der Waals surface area contributed by atoms with Crippen LogP contribution in [-0.4, -0.2) is 47.3 Å². The normalized spacial score (nSPS) is 26.5. The molecule has 1 fully saturated rings. The molecule has 1 nitrogen and oxygen atoms in total. The molecule has 72 valence electrons. The molecule has 1 aliphatic rings. The van der Waals surface area contributed by atoms with Gasteiger partial charge in [0.1, 0.15) is 0 Å². The first-order valence-corrected chi connectivity index (χ1v) is 6.17. The van der Waals surface area contributed by atoms with Gasteiger partial charge in [-0.1, -0.05) is 15.9 Å². The third-order valence-corrected chi connectivity index (χ3v) is 3.74. The first-order valence-electron chi connectivity index (χ1n) is 3.90. The number of halogens is 3. The smallest absolute Gasteiger partial charge is 0.251 e. The molecule has 0 spiro atoms. The van der Waals surface area contributed by atoms with E-state index >= 15 is 0 Å². The molecule has 0 N–H and O–H groups in total. The molecule has 0 aliphatic carbocycles. The van der Waals surface area contributed by atoms with Crippen molar-refractivity contribution in [3.8, 4) is 0 Å². The highest BCUT2D eigenvalue weighted by Crippen LogP contribution is 2.18. The van der Waals surface area contributed by atoms with Crippen LogP contribution in [0.2, 0.25) is 0 Å². The fourth-order valence-electron chi connectivity index (χ4n) is 1.25. The minimum Gasteiger partial charge on any atom is -0.292 e. The van der Waals surface area contributed by atoms with Crippen molar-refractivity contribution >= 4 is 27.7 Å². The Labute approximate surface area is 84.0 Å². The zero-order valence-electron chi connectivity index (χ0n) is 6.68. The van der Waals surface area contributed by atoms with Crippen LogP contribution in [0.4, 0.5) is 8.78 Å². The van der Waals surface area contributed by atoms with Crippen molar-refractivity contribution < 1.29 is 8.78 Å². The van der Waals surface area contributed by atoms with Crippen molar-refractivity contribution in [2.75, 3.05) is 29.9 Å². The summed E-state index contributed by atoms with van der Waals surface area (Å²) >= 11 is 5.18. The molecular weight excluding hydrogens is 248 g/mol. The molecule has 0 aromatic carbocycles. The third-order valence-electron chi connectivity index (χ3n) is 1.90. The molecule has 0 amide bonds. The second kappa shape index (κ2) is 5.40. The van der Waals surface area contributed by atoms with E-state index in [1.54, 1.807) is 0 Å². The van der Waals surface area contributed by atoms with Gasteiger partial charge in [0.05, 0.1) is 6.54 Å². The van der Waals surface area contributed by atoms with Crippen molar-refractivity contribution in [3.05, 3.63) is 0 Å². The largest absolute Gasteiger partial charge is 0.292 e. The number of rotatable bonds is 3. The maximum atomic E-state index is 12.1. The molecule has 0 bridgehead atoms. The molecule has 0 aromatic heterocycles. The van der Waals surface area contributed by atoms with E-state index in [0.29, 0.717) is 0 Å². The molecule has 0 saturated carbocycles. The maximum absolute atomic E-state index is 12.1. The first-order chi connectivity index (χ1) is 5.74. The summed E-state index contributed by atoms with van der Waals surface area (Å²) in [4.78, 5) is 1.87. The monoisotopic (exact) mass is 259 g/mol. The lowest BCUT2D eigenvalue weighted by Gasteiger charge is -2.33. The van der Waals surface area contributed by atoms with Crippen LogP contribution in [0, 0.1) is 0 Å². The highest BCUT2D eigenvalue weighted by molar-refractivity contribution is 9.09. The van der Waals surface area contributed by atoms with E-state index in [1.165, 1.54) is 0 Å². The molecule has 1 unspecified atom stereocenters. The summed E-state index contributed by atoms with van der Waals surface area (Å²) in [7, 11) is 0. The van der Waals surface area contributed by atoms with Gasteiger partial charge in [-0.15, -0.1) is 0 Å². The van der Waals surface area contributed by atoms with Crippen LogP contribution in [0.1, 0.15) is 0 Å². The van der Waals surface area contributed by atoms with Crippen LogP contribution < -0.4 is 0 Å². The van der Waals surface area contributed by atoms with Gasteiger partial charge in [0, 0.05) is 29.4 Å². The zero-order chi connectivity index (χ0) is 8.97. The summed E-state index contributed by atoms with van der Waals surface area (Å²) in [5.74, 6) is 1.95. The van der Waals surface area contributed by atoms with Crippen LogP contribution in [0.25, 0.3) is 0 Å². The molecule has 0 aromatic rings. The van der Waals surface area contributed by atoms with Gasteiger partial charge in [-0.05, 0) is 0 Å². The Balaban J connectivity index is 2.36. The third kappa shape index (κ3) is 3.18. The number of hydrogen-bond donors (Lipinski definition) is 0. The van der Waals surface area contributed by atoms with Crippen molar-refractivity contribution in [2.24, 2.45) is 0 Å². The highest BCUT2D eigenvalue weighted by atomic mass is 79.9. The Kier molecular flexibility index (Phi) is 4.82. The molecule has 1 aliphatic heterocycles. The molecule has 1 saturated heterocycles. The predicted octanol–water partition coefficient (Wildman–Crippen LogP) is 2.06. The second-order valence-corrected chi connectivity index (χ2v) is 4.57. The maximum Gasteiger partial charge on any atom is 0.251 e. The summed E-state index contributed by atoms with van der Waals surface area (Å²) in [6.45, 7) is 0.724. The first kappa shape index (κ1) is 10.7. The summed E-state index contributed by atoms with van der Waals surface area (Å²) in [6.07, 6.45) is -2.20. The fraction of sp³-hybridized carbons (Fsp3) is 1.00. The summed E-state index contributed by atoms with van der Waals surface area (Å²) in [5.41, 5.74) is 0. The molecule has 0 radical (unpaired) electrons. The van der Waals surface area contributed by atoms with Crippen molar-refractivity contribution in [1.29, 1.82) is 0 Å². The summed E-state index contributed by atoms with van der Waals surface area (Å²) in [6, 6.07) is 0.290. The Morgan fingerprint density at radius 1 is 1.58 bits per heavy atom. The summed E-state index contributed by atoms with van der Waals surface area (Å²) in [5, 5.41) is 0.798. The van der Waals surface area contributed by atoms with E-state index in [0.717, 1.165) is 23.4 Å². The molecule has 5 heteroatoms. The lowest BCUT2D eigenvalue weighted by atomic mass is 10.3. The highest BCUT2D eigenvalue weighted by Gasteiger charge is 2.23. The fourth-order valence-corrected chi connectivity index (χ4v) is 3.32. The average Bonchev–Trinajstić information content (AvgIpc) is 2.04. The second-order valence-electron chi connectivity index (χ2n) is 2.77. The molecule has 1 rings (SSSR count). The van der Waals surface area contributed by atoms with E-state index in [4.69, 9.17) is 0 Å². The van der Waals surface area contributed by atoms with E-state index in [9.17, 15) is 8.78 Å². The van der Waals surface area contributed by atoms with Crippen LogP contribution in [-0.2, 0) is 0 Å². The van der Waals surface area contributed by atoms with Gasteiger partial charge >= 0.3 is 0 Å². The van der Waals surface area contributed by atoms with Crippen molar-refractivity contribution in [3.63, 3.8) is 0 Å². The molecular formula is C7H12BrF2NS. The van der Waals surface area contributed by atoms with E-state index in [1.807, 2.05) is 16.7 Å². The van der Waals surface area contributed by atoms with Gasteiger partial charge in [-0.25, -0.2) is 8.78 Å². The SMILES string of the molecule is FC(F)CN1CCSCC1CBr. The Morgan fingerprint density at radius 2 is 2.33 bits per heavy atom. The van der Waals surface area contributed by atoms with Crippen LogP contribution in [0.15, 0.2) is 0 Å². The van der Waals surface area contributed by atoms with E-state index in [-0.39, 0.29) is 12.6 Å². The van der Waals surface area contributed by atoms with Gasteiger partial charge in [-0.3, -0.25) is 4.90 Å². The number of nitrogens with zero attached hydrogens (tertiary/aromatic N) is 1. The van der Waals surface area contributed by atoms with Crippen LogP contribution in [0.3, 0.4) is 0 Å². The van der Waals surface area contributed by atoms with Gasteiger partial charge < -0.3 is 0 Å². The summed E-state index contributed by atoms with van der Waals surface area (Å²) < 4.78 is 24.1. The quantitative estimate of drug-likeness (QED) is 0.715. The van der Waals surface area contributed by atoms with E-state index in [2.05, 4.69) is 15.9 Å². The molecule has 1 atom stereocenters. The van der Waals surface area contributed by atoms with Gasteiger partial charge in [0.15, 0.2) is 0 Å². The topological polar surface area (TPSA) is 3.24 Å². The van der Waals surface area contributed by atoms with Gasteiger partial charge in [0.2, 0.25) is 0 Å².